The molecule has 23 heavy (non-hydrogen) atoms. The molecule has 1 aromatic heterocycles. The number of tetrazole rings is 1. The average Bonchev–Trinajstić information content (AvgIpc) is 3.15. The van der Waals surface area contributed by atoms with E-state index in [-0.39, 0.29) is 15.8 Å². The number of hydrogen-bond donors (Lipinski definition) is 1. The Hall–Kier alpha value is -2.45. The van der Waals surface area contributed by atoms with Crippen LogP contribution in [0.25, 0.3) is 22.2 Å². The summed E-state index contributed by atoms with van der Waals surface area (Å²) in [6.45, 7) is 0. The first-order valence-corrected chi connectivity index (χ1v) is 9.97. The SMILES string of the molecule is c1ccc2cc(C[AsH]c3ccc(-c4nn[nH]n4)cc3)ccc2c1. The van der Waals surface area contributed by atoms with Gasteiger partial charge in [-0.15, -0.1) is 0 Å². The molecule has 0 aliphatic heterocycles. The minimum absolute atomic E-state index is 0.189. The third kappa shape index (κ3) is 3.17. The topological polar surface area (TPSA) is 54.5 Å². The van der Waals surface area contributed by atoms with E-state index in [1.807, 2.05) is 0 Å². The van der Waals surface area contributed by atoms with Gasteiger partial charge < -0.3 is 0 Å². The zero-order chi connectivity index (χ0) is 15.5. The number of benzene rings is 3. The molecule has 3 aromatic carbocycles. The molecule has 0 spiro atoms. The van der Waals surface area contributed by atoms with Gasteiger partial charge in [-0.1, -0.05) is 0 Å². The molecule has 0 aliphatic carbocycles. The van der Waals surface area contributed by atoms with Crippen LogP contribution < -0.4 is 4.35 Å². The molecule has 1 atom stereocenters. The van der Waals surface area contributed by atoms with Gasteiger partial charge in [-0.3, -0.25) is 0 Å². The summed E-state index contributed by atoms with van der Waals surface area (Å²) in [5.74, 6) is 0.645. The Morgan fingerprint density at radius 1 is 0.870 bits per heavy atom. The Balaban J connectivity index is 1.47. The fourth-order valence-electron chi connectivity index (χ4n) is 2.57. The van der Waals surface area contributed by atoms with Crippen molar-refractivity contribution in [3.05, 3.63) is 72.3 Å². The van der Waals surface area contributed by atoms with E-state index in [2.05, 4.69) is 87.4 Å². The van der Waals surface area contributed by atoms with Crippen LogP contribution in [0.3, 0.4) is 0 Å². The Kier molecular flexibility index (Phi) is 3.91. The first-order valence-electron chi connectivity index (χ1n) is 7.44. The molecule has 4 nitrogen and oxygen atoms in total. The Morgan fingerprint density at radius 3 is 2.48 bits per heavy atom. The van der Waals surface area contributed by atoms with E-state index in [1.54, 1.807) is 0 Å². The molecule has 4 rings (SSSR count). The van der Waals surface area contributed by atoms with Crippen LogP contribution in [0.5, 0.6) is 0 Å². The molecule has 1 N–H and O–H groups in total. The molecule has 5 heteroatoms. The van der Waals surface area contributed by atoms with Gasteiger partial charge in [-0.05, 0) is 0 Å². The number of H-pyrrole nitrogens is 1. The van der Waals surface area contributed by atoms with Gasteiger partial charge in [-0.2, -0.15) is 0 Å². The van der Waals surface area contributed by atoms with Gasteiger partial charge in [0, 0.05) is 0 Å². The van der Waals surface area contributed by atoms with Crippen LogP contribution >= 0.6 is 0 Å². The van der Waals surface area contributed by atoms with E-state index >= 15 is 0 Å². The van der Waals surface area contributed by atoms with Gasteiger partial charge in [0.15, 0.2) is 0 Å². The van der Waals surface area contributed by atoms with Crippen LogP contribution in [-0.4, -0.2) is 36.4 Å². The number of rotatable bonds is 4. The Labute approximate surface area is 140 Å². The second-order valence-electron chi connectivity index (χ2n) is 5.35. The summed E-state index contributed by atoms with van der Waals surface area (Å²) in [5.41, 5.74) is 2.42. The summed E-state index contributed by atoms with van der Waals surface area (Å²) < 4.78 is 1.44. The number of aromatic amines is 1. The third-order valence-corrected chi connectivity index (χ3v) is 6.58. The molecule has 0 saturated heterocycles. The van der Waals surface area contributed by atoms with E-state index in [0.29, 0.717) is 5.82 Å². The summed E-state index contributed by atoms with van der Waals surface area (Å²) in [6.07, 6.45) is 0. The molecule has 0 saturated carbocycles. The quantitative estimate of drug-likeness (QED) is 0.567. The summed E-state index contributed by atoms with van der Waals surface area (Å²) in [5, 5.41) is 17.9. The minimum atomic E-state index is -0.189. The summed E-state index contributed by atoms with van der Waals surface area (Å²) in [4.78, 5) is 0. The Bertz CT molecular complexity index is 917. The molecule has 0 bridgehead atoms. The van der Waals surface area contributed by atoms with Gasteiger partial charge in [-0.25, -0.2) is 0 Å². The fraction of sp³-hybridized carbons (Fsp3) is 0.0556. The monoisotopic (exact) mass is 362 g/mol. The molecular weight excluding hydrogens is 347 g/mol. The third-order valence-electron chi connectivity index (χ3n) is 3.80. The molecular formula is C18H15AsN4. The van der Waals surface area contributed by atoms with Crippen molar-refractivity contribution in [1.29, 1.82) is 0 Å². The van der Waals surface area contributed by atoms with Crippen LogP contribution in [0.2, 0.25) is 0 Å². The molecule has 1 heterocycles. The van der Waals surface area contributed by atoms with E-state index in [4.69, 9.17) is 0 Å². The number of fused-ring (bicyclic) bond motifs is 1. The Morgan fingerprint density at radius 2 is 1.70 bits per heavy atom. The molecule has 1 unspecified atom stereocenters. The summed E-state index contributed by atoms with van der Waals surface area (Å²) in [6, 6.07) is 23.8. The van der Waals surface area contributed by atoms with Crippen molar-refractivity contribution in [2.75, 3.05) is 0 Å². The first kappa shape index (κ1) is 14.2. The van der Waals surface area contributed by atoms with Crippen LogP contribution in [0.1, 0.15) is 5.56 Å². The molecule has 0 amide bonds. The molecule has 112 valence electrons. The molecule has 0 aliphatic rings. The zero-order valence-electron chi connectivity index (χ0n) is 12.4. The number of hydrogen-bond acceptors (Lipinski definition) is 3. The van der Waals surface area contributed by atoms with Gasteiger partial charge in [0.2, 0.25) is 0 Å². The number of nitrogens with one attached hydrogen (secondary N) is 1. The van der Waals surface area contributed by atoms with Crippen molar-refractivity contribution in [3.63, 3.8) is 0 Å². The van der Waals surface area contributed by atoms with Crippen molar-refractivity contribution in [2.24, 2.45) is 0 Å². The first-order chi connectivity index (χ1) is 11.4. The van der Waals surface area contributed by atoms with Crippen molar-refractivity contribution < 1.29 is 0 Å². The van der Waals surface area contributed by atoms with Crippen LogP contribution in [0.15, 0.2) is 66.7 Å². The molecule has 0 radical (unpaired) electrons. The summed E-state index contributed by atoms with van der Waals surface area (Å²) in [7, 11) is 0. The molecule has 0 fully saturated rings. The van der Waals surface area contributed by atoms with Crippen LogP contribution in [-0.2, 0) is 5.21 Å². The van der Waals surface area contributed by atoms with Crippen molar-refractivity contribution in [3.8, 4) is 11.4 Å². The van der Waals surface area contributed by atoms with Gasteiger partial charge in [0.1, 0.15) is 0 Å². The van der Waals surface area contributed by atoms with Crippen LogP contribution in [0.4, 0.5) is 0 Å². The second kappa shape index (κ2) is 6.35. The van der Waals surface area contributed by atoms with Crippen molar-refractivity contribution >= 4 is 30.9 Å². The van der Waals surface area contributed by atoms with Gasteiger partial charge in [0.25, 0.3) is 0 Å². The van der Waals surface area contributed by atoms with E-state index < -0.39 is 0 Å². The standard InChI is InChI=1S/C18H15AsN4/c1-2-4-16-11-13(5-6-14(16)3-1)12-19-17-9-7-15(8-10-17)18-20-22-23-21-18/h1-11,19H,12H2,(H,20,21,22,23). The zero-order valence-corrected chi connectivity index (χ0v) is 14.5. The van der Waals surface area contributed by atoms with E-state index in [0.717, 1.165) is 10.8 Å². The van der Waals surface area contributed by atoms with Gasteiger partial charge >= 0.3 is 140 Å². The predicted octanol–water partition coefficient (Wildman–Crippen LogP) is 2.28. The van der Waals surface area contributed by atoms with E-state index in [1.165, 1.54) is 20.7 Å². The van der Waals surface area contributed by atoms with Crippen molar-refractivity contribution in [2.45, 2.75) is 5.21 Å². The van der Waals surface area contributed by atoms with Crippen molar-refractivity contribution in [1.82, 2.24) is 20.6 Å². The van der Waals surface area contributed by atoms with Gasteiger partial charge in [0.05, 0.1) is 0 Å². The summed E-state index contributed by atoms with van der Waals surface area (Å²) >= 11 is -0.189. The maximum absolute atomic E-state index is 4.00. The van der Waals surface area contributed by atoms with E-state index in [9.17, 15) is 0 Å². The number of aromatic nitrogens is 4. The average molecular weight is 362 g/mol. The molecule has 4 aromatic rings. The maximum atomic E-state index is 4.00. The predicted molar refractivity (Wildman–Crippen MR) is 94.0 cm³/mol. The normalized spacial score (nSPS) is 11.5. The van der Waals surface area contributed by atoms with Crippen LogP contribution in [0, 0.1) is 0 Å². The fourth-order valence-corrected chi connectivity index (χ4v) is 4.74. The second-order valence-corrected chi connectivity index (χ2v) is 8.04. The number of nitrogens with zero attached hydrogens (tertiary/aromatic N) is 3.